The molecule has 0 atom stereocenters. The van der Waals surface area contributed by atoms with Gasteiger partial charge in [0.2, 0.25) is 0 Å². The van der Waals surface area contributed by atoms with Gasteiger partial charge in [-0.05, 0) is 80.7 Å². The number of fused-ring (bicyclic) bond motifs is 1. The fourth-order valence-electron chi connectivity index (χ4n) is 4.60. The molecule has 0 aliphatic carbocycles. The van der Waals surface area contributed by atoms with Crippen LogP contribution in [0.15, 0.2) is 55.4 Å². The number of benzene rings is 2. The molecule has 0 radical (unpaired) electrons. The molecule has 0 amide bonds. The molecule has 0 saturated carbocycles. The van der Waals surface area contributed by atoms with Gasteiger partial charge < -0.3 is 10.2 Å². The van der Waals surface area contributed by atoms with Gasteiger partial charge in [0.1, 0.15) is 5.52 Å². The van der Waals surface area contributed by atoms with E-state index in [1.165, 1.54) is 37.6 Å². The quantitative estimate of drug-likeness (QED) is 0.436. The Labute approximate surface area is 193 Å². The lowest BCUT2D eigenvalue weighted by molar-refractivity contribution is 0.219. The Morgan fingerprint density at radius 3 is 2.61 bits per heavy atom. The topological polar surface area (TPSA) is 61.8 Å². The van der Waals surface area contributed by atoms with Crippen LogP contribution in [0.1, 0.15) is 24.1 Å². The number of hydrogen-bond donors (Lipinski definition) is 2. The normalized spacial score (nSPS) is 15.2. The lowest BCUT2D eigenvalue weighted by Crippen LogP contribution is -2.30. The molecule has 2 aromatic carbocycles. The minimum Gasteiger partial charge on any atom is -0.354 e. The number of nitrogens with zero attached hydrogens (tertiary/aromatic N) is 4. The van der Waals surface area contributed by atoms with E-state index in [0.717, 1.165) is 29.2 Å². The van der Waals surface area contributed by atoms with Gasteiger partial charge in [-0.25, -0.2) is 4.39 Å². The van der Waals surface area contributed by atoms with Crippen LogP contribution in [0.2, 0.25) is 0 Å². The summed E-state index contributed by atoms with van der Waals surface area (Å²) in [6.45, 7) is 6.55. The number of nitrogens with one attached hydrogen (secondary N) is 2. The molecule has 0 spiro atoms. The van der Waals surface area contributed by atoms with Crippen molar-refractivity contribution in [1.82, 2.24) is 24.9 Å². The largest absolute Gasteiger partial charge is 0.354 e. The third-order valence-corrected chi connectivity index (χ3v) is 6.56. The van der Waals surface area contributed by atoms with E-state index >= 15 is 0 Å². The molecule has 0 unspecified atom stereocenters. The molecule has 4 aromatic rings. The number of hydrogen-bond acceptors (Lipinski definition) is 4. The average molecular weight is 445 g/mol. The van der Waals surface area contributed by atoms with Crippen molar-refractivity contribution in [1.29, 1.82) is 0 Å². The van der Waals surface area contributed by atoms with Crippen molar-refractivity contribution in [2.24, 2.45) is 13.0 Å². The van der Waals surface area contributed by atoms with Crippen LogP contribution in [0.4, 0.5) is 10.1 Å². The molecule has 0 bridgehead atoms. The lowest BCUT2D eigenvalue weighted by Gasteiger charge is -2.29. The van der Waals surface area contributed by atoms with Crippen LogP contribution in [0.5, 0.6) is 0 Å². The van der Waals surface area contributed by atoms with E-state index in [2.05, 4.69) is 63.4 Å². The first-order valence-corrected chi connectivity index (χ1v) is 11.4. The van der Waals surface area contributed by atoms with Gasteiger partial charge in [0, 0.05) is 29.9 Å². The zero-order chi connectivity index (χ0) is 22.9. The number of aromatic amines is 1. The maximum atomic E-state index is 14.7. The Morgan fingerprint density at radius 1 is 1.15 bits per heavy atom. The molecule has 2 aromatic heterocycles. The Bertz CT molecular complexity index is 1280. The minimum atomic E-state index is -0.375. The molecular formula is C26H29FN6. The first-order valence-electron chi connectivity index (χ1n) is 11.4. The van der Waals surface area contributed by atoms with Crippen LogP contribution >= 0.6 is 0 Å². The highest BCUT2D eigenvalue weighted by atomic mass is 19.1. The molecule has 2 N–H and O–H groups in total. The smallest absolute Gasteiger partial charge is 0.151 e. The van der Waals surface area contributed by atoms with E-state index in [1.54, 1.807) is 10.9 Å². The molecule has 1 aliphatic rings. The van der Waals surface area contributed by atoms with Crippen molar-refractivity contribution >= 4 is 22.3 Å². The number of aromatic nitrogens is 4. The number of aryl methyl sites for hydroxylation is 1. The third kappa shape index (κ3) is 4.54. The predicted molar refractivity (Wildman–Crippen MR) is 131 cm³/mol. The van der Waals surface area contributed by atoms with Crippen LogP contribution in [-0.4, -0.2) is 45.0 Å². The Kier molecular flexibility index (Phi) is 5.72. The highest BCUT2D eigenvalue weighted by molar-refractivity contribution is 5.95. The molecule has 6 nitrogen and oxygen atoms in total. The number of likely N-dealkylation sites (tertiary alicyclic amines) is 1. The second kappa shape index (κ2) is 8.83. The molecular weight excluding hydrogens is 415 g/mol. The van der Waals surface area contributed by atoms with Crippen LogP contribution in [0, 0.1) is 11.7 Å². The van der Waals surface area contributed by atoms with Crippen molar-refractivity contribution < 1.29 is 4.39 Å². The van der Waals surface area contributed by atoms with Gasteiger partial charge in [0.25, 0.3) is 0 Å². The summed E-state index contributed by atoms with van der Waals surface area (Å²) in [5.74, 6) is 0.384. The highest BCUT2D eigenvalue weighted by Gasteiger charge is 2.18. The van der Waals surface area contributed by atoms with Crippen molar-refractivity contribution in [2.45, 2.75) is 19.3 Å². The molecule has 1 saturated heterocycles. The molecule has 170 valence electrons. The summed E-state index contributed by atoms with van der Waals surface area (Å²) in [7, 11) is 4.03. The molecule has 5 rings (SSSR count). The van der Waals surface area contributed by atoms with Crippen molar-refractivity contribution in [2.75, 3.05) is 25.5 Å². The van der Waals surface area contributed by atoms with E-state index in [-0.39, 0.29) is 5.82 Å². The second-order valence-electron chi connectivity index (χ2n) is 9.11. The zero-order valence-corrected chi connectivity index (χ0v) is 19.1. The summed E-state index contributed by atoms with van der Waals surface area (Å²) in [6, 6.07) is 11.9. The molecule has 33 heavy (non-hydrogen) atoms. The number of rotatable bonds is 6. The summed E-state index contributed by atoms with van der Waals surface area (Å²) in [6.07, 6.45) is 7.23. The van der Waals surface area contributed by atoms with Gasteiger partial charge in [-0.15, -0.1) is 0 Å². The standard InChI is InChI=1S/C26H29FN6/c1-17(29-22-6-4-18(5-7-22)12-19-8-10-32(2)11-9-19)25-23-13-20(21-15-28-33(3)16-21)14-24(27)26(23)31-30-25/h4-7,13-16,19,29H,1,8-12H2,2-3H3,(H,30,31). The van der Waals surface area contributed by atoms with Gasteiger partial charge in [-0.3, -0.25) is 9.78 Å². The fraction of sp³-hybridized carbons (Fsp3) is 0.308. The van der Waals surface area contributed by atoms with Crippen molar-refractivity contribution in [3.05, 3.63) is 72.4 Å². The zero-order valence-electron chi connectivity index (χ0n) is 19.1. The van der Waals surface area contributed by atoms with E-state index in [0.29, 0.717) is 22.3 Å². The number of anilines is 1. The number of H-pyrrole nitrogens is 1. The Morgan fingerprint density at radius 2 is 1.91 bits per heavy atom. The van der Waals surface area contributed by atoms with E-state index in [1.807, 2.05) is 19.3 Å². The summed E-state index contributed by atoms with van der Waals surface area (Å²) >= 11 is 0. The Hall–Kier alpha value is -3.45. The van der Waals surface area contributed by atoms with Gasteiger partial charge in [0.05, 0.1) is 17.6 Å². The molecule has 7 heteroatoms. The summed E-state index contributed by atoms with van der Waals surface area (Å²) in [4.78, 5) is 2.40. The molecule has 1 fully saturated rings. The summed E-state index contributed by atoms with van der Waals surface area (Å²) in [5.41, 5.74) is 5.52. The monoisotopic (exact) mass is 444 g/mol. The first kappa shape index (κ1) is 21.4. The van der Waals surface area contributed by atoms with Crippen LogP contribution in [0.25, 0.3) is 27.7 Å². The predicted octanol–water partition coefficient (Wildman–Crippen LogP) is 5.07. The lowest BCUT2D eigenvalue weighted by atomic mass is 9.90. The SMILES string of the molecule is C=C(Nc1ccc(CC2CCN(C)CC2)cc1)c1[nH]nc2c(F)cc(-c3cnn(C)c3)cc12. The molecule has 3 heterocycles. The van der Waals surface area contributed by atoms with E-state index in [9.17, 15) is 4.39 Å². The van der Waals surface area contributed by atoms with E-state index < -0.39 is 0 Å². The second-order valence-corrected chi connectivity index (χ2v) is 9.11. The van der Waals surface area contributed by atoms with Crippen LogP contribution in [-0.2, 0) is 13.5 Å². The van der Waals surface area contributed by atoms with Crippen LogP contribution < -0.4 is 5.32 Å². The third-order valence-electron chi connectivity index (χ3n) is 6.56. The average Bonchev–Trinajstić information content (AvgIpc) is 3.43. The maximum absolute atomic E-state index is 14.7. The van der Waals surface area contributed by atoms with Gasteiger partial charge >= 0.3 is 0 Å². The first-order chi connectivity index (χ1) is 16.0. The molecule has 1 aliphatic heterocycles. The minimum absolute atomic E-state index is 0.300. The van der Waals surface area contributed by atoms with Crippen molar-refractivity contribution in [3.8, 4) is 11.1 Å². The number of halogens is 1. The maximum Gasteiger partial charge on any atom is 0.151 e. The van der Waals surface area contributed by atoms with Crippen LogP contribution in [0.3, 0.4) is 0 Å². The van der Waals surface area contributed by atoms with Gasteiger partial charge in [-0.2, -0.15) is 10.2 Å². The highest BCUT2D eigenvalue weighted by Crippen LogP contribution is 2.30. The van der Waals surface area contributed by atoms with Gasteiger partial charge in [-0.1, -0.05) is 18.7 Å². The Balaban J connectivity index is 1.32. The van der Waals surface area contributed by atoms with Gasteiger partial charge in [0.15, 0.2) is 5.82 Å². The van der Waals surface area contributed by atoms with E-state index in [4.69, 9.17) is 0 Å². The summed E-state index contributed by atoms with van der Waals surface area (Å²) < 4.78 is 16.4. The summed E-state index contributed by atoms with van der Waals surface area (Å²) in [5, 5.41) is 15.4. The number of piperidine rings is 1. The fourth-order valence-corrected chi connectivity index (χ4v) is 4.60. The van der Waals surface area contributed by atoms with Crippen molar-refractivity contribution in [3.63, 3.8) is 0 Å².